The Morgan fingerprint density at radius 1 is 0.463 bits per heavy atom. The number of carbonyl (C=O) groups is 2. The lowest BCUT2D eigenvalue weighted by Gasteiger charge is -2.18. The van der Waals surface area contributed by atoms with Crippen molar-refractivity contribution >= 4 is 11.9 Å². The molecule has 0 spiro atoms. The number of aromatic carboxylic acids is 2. The number of benzene rings is 4. The molecule has 0 saturated heterocycles. The van der Waals surface area contributed by atoms with Gasteiger partial charge in [-0.25, -0.2) is 9.59 Å². The number of hydrogen-bond acceptors (Lipinski definition) is 2. The maximum Gasteiger partial charge on any atom is 0.335 e. The van der Waals surface area contributed by atoms with E-state index in [1.165, 1.54) is 11.1 Å². The lowest BCUT2D eigenvalue weighted by Crippen LogP contribution is -2.03. The quantitative estimate of drug-likeness (QED) is 0.228. The van der Waals surface area contributed by atoms with Crippen LogP contribution in [-0.2, 0) is 0 Å². The van der Waals surface area contributed by atoms with Gasteiger partial charge < -0.3 is 10.2 Å². The molecule has 0 heterocycles. The maximum atomic E-state index is 10.9. The molecule has 4 aromatic rings. The highest BCUT2D eigenvalue weighted by Crippen LogP contribution is 2.29. The van der Waals surface area contributed by atoms with Crippen molar-refractivity contribution in [3.63, 3.8) is 0 Å². The van der Waals surface area contributed by atoms with Crippen molar-refractivity contribution in [2.45, 2.75) is 71.6 Å². The Morgan fingerprint density at radius 3 is 0.976 bits per heavy atom. The second-order valence-electron chi connectivity index (χ2n) is 11.0. The number of carboxylic acids is 2. The fourth-order valence-corrected chi connectivity index (χ4v) is 4.39. The normalized spacial score (nSPS) is 11.9. The highest BCUT2D eigenvalue weighted by molar-refractivity contribution is 5.88. The van der Waals surface area contributed by atoms with Gasteiger partial charge in [-0.3, -0.25) is 0 Å². The Kier molecular flexibility index (Phi) is 13.5. The smallest absolute Gasteiger partial charge is 0.335 e. The molecule has 4 rings (SSSR count). The van der Waals surface area contributed by atoms with Gasteiger partial charge in [0.25, 0.3) is 0 Å². The number of rotatable bonds is 8. The lowest BCUT2D eigenvalue weighted by molar-refractivity contribution is 0.0686. The topological polar surface area (TPSA) is 74.6 Å². The molecule has 0 aliphatic carbocycles. The summed E-state index contributed by atoms with van der Waals surface area (Å²) < 4.78 is 0. The Hall–Kier alpha value is -4.18. The van der Waals surface area contributed by atoms with Crippen LogP contribution in [0.5, 0.6) is 0 Å². The van der Waals surface area contributed by atoms with Crippen LogP contribution >= 0.6 is 0 Å². The predicted octanol–water partition coefficient (Wildman–Crippen LogP) is 10.0. The van der Waals surface area contributed by atoms with E-state index in [0.717, 1.165) is 17.5 Å². The minimum atomic E-state index is -0.920. The fraction of sp³-hybridized carbons (Fsp3) is 0.297. The van der Waals surface area contributed by atoms with Crippen molar-refractivity contribution in [2.24, 2.45) is 0 Å². The third-order valence-corrected chi connectivity index (χ3v) is 7.09. The molecule has 2 atom stereocenters. The van der Waals surface area contributed by atoms with Gasteiger partial charge >= 0.3 is 11.9 Å². The second kappa shape index (κ2) is 16.8. The second-order valence-corrected chi connectivity index (χ2v) is 11.0. The van der Waals surface area contributed by atoms with Gasteiger partial charge in [0.1, 0.15) is 0 Å². The van der Waals surface area contributed by atoms with Gasteiger partial charge in [-0.1, -0.05) is 126 Å². The molecule has 216 valence electrons. The molecule has 4 nitrogen and oxygen atoms in total. The third kappa shape index (κ3) is 11.4. The molecule has 0 saturated carbocycles. The van der Waals surface area contributed by atoms with Crippen LogP contribution in [0, 0.1) is 0 Å². The minimum absolute atomic E-state index is 0.284. The van der Waals surface area contributed by atoms with Crippen molar-refractivity contribution in [1.82, 2.24) is 0 Å². The summed E-state index contributed by atoms with van der Waals surface area (Å²) in [5.41, 5.74) is 5.61. The lowest BCUT2D eigenvalue weighted by atomic mass is 9.87. The molecular weight excluding hydrogens is 508 g/mol. The van der Waals surface area contributed by atoms with E-state index < -0.39 is 11.9 Å². The summed E-state index contributed by atoms with van der Waals surface area (Å²) in [6, 6.07) is 35.0. The maximum absolute atomic E-state index is 10.9. The molecular formula is C37H44O4. The molecule has 0 bridgehead atoms. The van der Waals surface area contributed by atoms with Gasteiger partial charge in [-0.15, -0.1) is 0 Å². The van der Waals surface area contributed by atoms with Gasteiger partial charge in [0, 0.05) is 0 Å². The van der Waals surface area contributed by atoms with Gasteiger partial charge in [0.05, 0.1) is 11.1 Å². The summed E-state index contributed by atoms with van der Waals surface area (Å²) in [4.78, 5) is 21.8. The first kappa shape index (κ1) is 33.0. The van der Waals surface area contributed by atoms with Crippen LogP contribution < -0.4 is 0 Å². The SMILES string of the molecule is CC(C)c1ccccc1.CC(C)c1ccccc1.CC(CC(C)c1ccc(C(=O)O)cc1)c1ccc(C(=O)O)cc1. The summed E-state index contributed by atoms with van der Waals surface area (Å²) in [7, 11) is 0. The van der Waals surface area contributed by atoms with E-state index in [4.69, 9.17) is 10.2 Å². The Morgan fingerprint density at radius 2 is 0.756 bits per heavy atom. The van der Waals surface area contributed by atoms with Crippen molar-refractivity contribution < 1.29 is 19.8 Å². The predicted molar refractivity (Wildman–Crippen MR) is 169 cm³/mol. The fourth-order valence-electron chi connectivity index (χ4n) is 4.39. The molecule has 41 heavy (non-hydrogen) atoms. The Balaban J connectivity index is 0.000000265. The molecule has 0 aromatic heterocycles. The Labute approximate surface area is 245 Å². The zero-order valence-electron chi connectivity index (χ0n) is 25.1. The van der Waals surface area contributed by atoms with Crippen LogP contribution in [0.3, 0.4) is 0 Å². The van der Waals surface area contributed by atoms with E-state index in [0.29, 0.717) is 23.0 Å². The van der Waals surface area contributed by atoms with Gasteiger partial charge in [-0.2, -0.15) is 0 Å². The number of carboxylic acid groups (broad SMARTS) is 2. The third-order valence-electron chi connectivity index (χ3n) is 7.09. The first-order valence-electron chi connectivity index (χ1n) is 14.3. The highest BCUT2D eigenvalue weighted by atomic mass is 16.4. The van der Waals surface area contributed by atoms with Gasteiger partial charge in [0.15, 0.2) is 0 Å². The molecule has 2 N–H and O–H groups in total. The molecule has 0 amide bonds. The molecule has 4 aromatic carbocycles. The van der Waals surface area contributed by atoms with Crippen LogP contribution in [0.25, 0.3) is 0 Å². The van der Waals surface area contributed by atoms with Crippen LogP contribution in [-0.4, -0.2) is 22.2 Å². The van der Waals surface area contributed by atoms with Crippen molar-refractivity contribution in [2.75, 3.05) is 0 Å². The average molecular weight is 553 g/mol. The number of hydrogen-bond donors (Lipinski definition) is 2. The Bertz CT molecular complexity index is 1200. The minimum Gasteiger partial charge on any atom is -0.478 e. The van der Waals surface area contributed by atoms with E-state index in [2.05, 4.69) is 90.1 Å². The molecule has 0 aliphatic heterocycles. The van der Waals surface area contributed by atoms with E-state index in [1.54, 1.807) is 24.3 Å². The van der Waals surface area contributed by atoms with Crippen LogP contribution in [0.2, 0.25) is 0 Å². The monoisotopic (exact) mass is 552 g/mol. The van der Waals surface area contributed by atoms with Crippen LogP contribution in [0.15, 0.2) is 109 Å². The molecule has 2 unspecified atom stereocenters. The van der Waals surface area contributed by atoms with Crippen molar-refractivity contribution in [3.05, 3.63) is 143 Å². The van der Waals surface area contributed by atoms with Crippen LogP contribution in [0.4, 0.5) is 0 Å². The standard InChI is InChI=1S/C19H20O4.2C9H12/c1-12(14-3-7-16(8-4-14)18(20)21)11-13(2)15-5-9-17(10-6-15)19(22)23;2*1-8(2)9-6-4-3-5-7-9/h3-10,12-13H,11H2,1-2H3,(H,20,21)(H,22,23);2*3-8H,1-2H3. The summed E-state index contributed by atoms with van der Waals surface area (Å²) in [6.07, 6.45) is 0.902. The largest absolute Gasteiger partial charge is 0.478 e. The van der Waals surface area contributed by atoms with Gasteiger partial charge in [0.2, 0.25) is 0 Å². The zero-order valence-corrected chi connectivity index (χ0v) is 25.1. The summed E-state index contributed by atoms with van der Waals surface area (Å²) in [5, 5.41) is 17.9. The first-order chi connectivity index (χ1) is 19.5. The molecule has 4 heteroatoms. The van der Waals surface area contributed by atoms with E-state index in [-0.39, 0.29) is 11.8 Å². The average Bonchev–Trinajstić information content (AvgIpc) is 2.98. The summed E-state index contributed by atoms with van der Waals surface area (Å²) in [6.45, 7) is 13.0. The van der Waals surface area contributed by atoms with Crippen molar-refractivity contribution in [3.8, 4) is 0 Å². The van der Waals surface area contributed by atoms with E-state index in [9.17, 15) is 9.59 Å². The summed E-state index contributed by atoms with van der Waals surface area (Å²) >= 11 is 0. The van der Waals surface area contributed by atoms with Crippen molar-refractivity contribution in [1.29, 1.82) is 0 Å². The van der Waals surface area contributed by atoms with Crippen LogP contribution in [0.1, 0.15) is 115 Å². The van der Waals surface area contributed by atoms with E-state index >= 15 is 0 Å². The zero-order chi connectivity index (χ0) is 30.4. The molecule has 0 aliphatic rings. The van der Waals surface area contributed by atoms with E-state index in [1.807, 2.05) is 36.4 Å². The molecule has 0 fully saturated rings. The van der Waals surface area contributed by atoms with Gasteiger partial charge in [-0.05, 0) is 76.6 Å². The highest BCUT2D eigenvalue weighted by Gasteiger charge is 2.14. The first-order valence-corrected chi connectivity index (χ1v) is 14.3. The molecule has 0 radical (unpaired) electrons. The summed E-state index contributed by atoms with van der Waals surface area (Å²) in [5.74, 6) is 0.0450.